The topological polar surface area (TPSA) is 62.5 Å². The second kappa shape index (κ2) is 9.52. The van der Waals surface area contributed by atoms with Crippen molar-refractivity contribution in [3.8, 4) is 0 Å². The van der Waals surface area contributed by atoms with E-state index in [4.69, 9.17) is 5.73 Å². The van der Waals surface area contributed by atoms with E-state index in [1.165, 1.54) is 11.3 Å². The fourth-order valence-electron chi connectivity index (χ4n) is 2.08. The van der Waals surface area contributed by atoms with Crippen LogP contribution < -0.4 is 5.73 Å². The summed E-state index contributed by atoms with van der Waals surface area (Å²) in [6, 6.07) is 0. The number of aromatic nitrogens is 1. The molecule has 2 heterocycles. The van der Waals surface area contributed by atoms with Gasteiger partial charge in [-0.3, -0.25) is 4.79 Å². The van der Waals surface area contributed by atoms with Crippen molar-refractivity contribution in [3.05, 3.63) is 16.1 Å². The number of carbonyl (C=O) groups is 1. The molecule has 20 heavy (non-hydrogen) atoms. The molecule has 1 fully saturated rings. The first kappa shape index (κ1) is 19.6. The van der Waals surface area contributed by atoms with Gasteiger partial charge >= 0.3 is 0 Å². The number of rotatable bonds is 4. The first-order chi connectivity index (χ1) is 8.74. The highest BCUT2D eigenvalue weighted by Gasteiger charge is 2.22. The molecule has 0 bridgehead atoms. The van der Waals surface area contributed by atoms with Gasteiger partial charge in [0.1, 0.15) is 5.69 Å². The predicted octanol–water partition coefficient (Wildman–Crippen LogP) is 1.27. The van der Waals surface area contributed by atoms with Crippen molar-refractivity contribution in [2.24, 2.45) is 5.73 Å². The van der Waals surface area contributed by atoms with Gasteiger partial charge in [-0.05, 0) is 13.1 Å². The van der Waals surface area contributed by atoms with E-state index in [1.54, 1.807) is 0 Å². The lowest BCUT2D eigenvalue weighted by Crippen LogP contribution is -2.48. The first-order valence-corrected chi connectivity index (χ1v) is 7.28. The summed E-state index contributed by atoms with van der Waals surface area (Å²) in [4.78, 5) is 20.8. The highest BCUT2D eigenvalue weighted by molar-refractivity contribution is 7.09. The van der Waals surface area contributed by atoms with Gasteiger partial charge in [-0.15, -0.1) is 36.2 Å². The summed E-state index contributed by atoms with van der Waals surface area (Å²) < 4.78 is 0. The number of piperazine rings is 1. The Hall–Kier alpha value is -0.400. The fraction of sp³-hybridized carbons (Fsp3) is 0.667. The second-order valence-electron chi connectivity index (χ2n) is 4.39. The Labute approximate surface area is 136 Å². The normalized spacial score (nSPS) is 15.4. The summed E-state index contributed by atoms with van der Waals surface area (Å²) in [6.45, 7) is 7.31. The lowest BCUT2D eigenvalue weighted by atomic mass is 10.3. The van der Waals surface area contributed by atoms with Gasteiger partial charge < -0.3 is 15.5 Å². The molecule has 1 aliphatic heterocycles. The SMILES string of the molecule is CCN1CCN(C(=O)c2csc(CCN)n2)CC1.Cl.Cl. The molecule has 1 aromatic rings. The largest absolute Gasteiger partial charge is 0.335 e. The van der Waals surface area contributed by atoms with Crippen LogP contribution in [0.15, 0.2) is 5.38 Å². The molecule has 2 N–H and O–H groups in total. The molecule has 0 spiro atoms. The molecule has 5 nitrogen and oxygen atoms in total. The summed E-state index contributed by atoms with van der Waals surface area (Å²) in [7, 11) is 0. The third kappa shape index (κ3) is 4.86. The van der Waals surface area contributed by atoms with E-state index in [-0.39, 0.29) is 30.7 Å². The number of carbonyl (C=O) groups excluding carboxylic acids is 1. The maximum absolute atomic E-state index is 12.2. The van der Waals surface area contributed by atoms with E-state index in [9.17, 15) is 4.79 Å². The quantitative estimate of drug-likeness (QED) is 0.896. The summed E-state index contributed by atoms with van der Waals surface area (Å²) in [5, 5.41) is 2.80. The number of likely N-dealkylation sites (N-methyl/N-ethyl adjacent to an activating group) is 1. The van der Waals surface area contributed by atoms with Gasteiger partial charge in [-0.2, -0.15) is 0 Å². The highest BCUT2D eigenvalue weighted by atomic mass is 35.5. The molecule has 1 aromatic heterocycles. The molecule has 0 aromatic carbocycles. The van der Waals surface area contributed by atoms with Crippen molar-refractivity contribution in [2.75, 3.05) is 39.3 Å². The van der Waals surface area contributed by atoms with E-state index < -0.39 is 0 Å². The van der Waals surface area contributed by atoms with Crippen molar-refractivity contribution in [2.45, 2.75) is 13.3 Å². The van der Waals surface area contributed by atoms with Crippen LogP contribution in [-0.4, -0.2) is 60.0 Å². The van der Waals surface area contributed by atoms with Crippen LogP contribution in [0, 0.1) is 0 Å². The van der Waals surface area contributed by atoms with E-state index in [1.807, 2.05) is 10.3 Å². The molecule has 0 atom stereocenters. The molecule has 0 unspecified atom stereocenters. The van der Waals surface area contributed by atoms with Gasteiger partial charge in [0.05, 0.1) is 5.01 Å². The van der Waals surface area contributed by atoms with Crippen molar-refractivity contribution in [1.29, 1.82) is 0 Å². The van der Waals surface area contributed by atoms with E-state index in [0.29, 0.717) is 12.2 Å². The maximum Gasteiger partial charge on any atom is 0.273 e. The van der Waals surface area contributed by atoms with E-state index in [0.717, 1.165) is 44.2 Å². The van der Waals surface area contributed by atoms with Crippen LogP contribution >= 0.6 is 36.2 Å². The zero-order valence-corrected chi connectivity index (χ0v) is 14.0. The third-order valence-electron chi connectivity index (χ3n) is 3.24. The van der Waals surface area contributed by atoms with Crippen LogP contribution in [0.2, 0.25) is 0 Å². The predicted molar refractivity (Wildman–Crippen MR) is 87.4 cm³/mol. The third-order valence-corrected chi connectivity index (χ3v) is 4.14. The molecule has 116 valence electrons. The van der Waals surface area contributed by atoms with E-state index in [2.05, 4.69) is 16.8 Å². The number of amides is 1. The van der Waals surface area contributed by atoms with Crippen LogP contribution in [-0.2, 0) is 6.42 Å². The number of hydrogen-bond donors (Lipinski definition) is 1. The van der Waals surface area contributed by atoms with Crippen molar-refractivity contribution in [1.82, 2.24) is 14.8 Å². The Bertz CT molecular complexity index is 408. The molecular formula is C12H22Cl2N4OS. The Balaban J connectivity index is 0.00000180. The van der Waals surface area contributed by atoms with Gasteiger partial charge in [-0.25, -0.2) is 4.98 Å². The maximum atomic E-state index is 12.2. The van der Waals surface area contributed by atoms with Crippen molar-refractivity contribution >= 4 is 42.1 Å². The minimum Gasteiger partial charge on any atom is -0.335 e. The average Bonchev–Trinajstić information content (AvgIpc) is 2.87. The molecule has 2 rings (SSSR count). The Morgan fingerprint density at radius 2 is 2.00 bits per heavy atom. The summed E-state index contributed by atoms with van der Waals surface area (Å²) >= 11 is 1.52. The molecule has 1 saturated heterocycles. The van der Waals surface area contributed by atoms with Crippen LogP contribution in [0.5, 0.6) is 0 Å². The molecule has 0 radical (unpaired) electrons. The Kier molecular flexibility index (Phi) is 9.33. The number of halogens is 2. The van der Waals surface area contributed by atoms with E-state index >= 15 is 0 Å². The zero-order chi connectivity index (χ0) is 13.0. The molecular weight excluding hydrogens is 319 g/mol. The number of nitrogens with zero attached hydrogens (tertiary/aromatic N) is 3. The Morgan fingerprint density at radius 1 is 1.35 bits per heavy atom. The summed E-state index contributed by atoms with van der Waals surface area (Å²) in [5.41, 5.74) is 6.06. The molecule has 1 aliphatic rings. The van der Waals surface area contributed by atoms with Gasteiger partial charge in [0, 0.05) is 38.0 Å². The van der Waals surface area contributed by atoms with Crippen LogP contribution in [0.4, 0.5) is 0 Å². The fourth-order valence-corrected chi connectivity index (χ4v) is 2.86. The lowest BCUT2D eigenvalue weighted by Gasteiger charge is -2.33. The Morgan fingerprint density at radius 3 is 2.55 bits per heavy atom. The van der Waals surface area contributed by atoms with Gasteiger partial charge in [0.25, 0.3) is 5.91 Å². The van der Waals surface area contributed by atoms with Gasteiger partial charge in [0.15, 0.2) is 0 Å². The highest BCUT2D eigenvalue weighted by Crippen LogP contribution is 2.13. The molecule has 8 heteroatoms. The van der Waals surface area contributed by atoms with Crippen LogP contribution in [0.1, 0.15) is 22.4 Å². The number of thiazole rings is 1. The summed E-state index contributed by atoms with van der Waals surface area (Å²) in [6.07, 6.45) is 0.752. The minimum absolute atomic E-state index is 0. The smallest absolute Gasteiger partial charge is 0.273 e. The zero-order valence-electron chi connectivity index (χ0n) is 11.6. The van der Waals surface area contributed by atoms with Crippen LogP contribution in [0.25, 0.3) is 0 Å². The monoisotopic (exact) mass is 340 g/mol. The van der Waals surface area contributed by atoms with Crippen LogP contribution in [0.3, 0.4) is 0 Å². The average molecular weight is 341 g/mol. The lowest BCUT2D eigenvalue weighted by molar-refractivity contribution is 0.0638. The molecule has 1 amide bonds. The summed E-state index contributed by atoms with van der Waals surface area (Å²) in [5.74, 6) is 0.0604. The second-order valence-corrected chi connectivity index (χ2v) is 5.33. The standard InChI is InChI=1S/C12H20N4OS.2ClH/c1-2-15-5-7-16(8-6-15)12(17)10-9-18-11(14-10)3-4-13;;/h9H,2-8,13H2,1H3;2*1H. The molecule has 0 saturated carbocycles. The first-order valence-electron chi connectivity index (χ1n) is 6.40. The van der Waals surface area contributed by atoms with Crippen molar-refractivity contribution in [3.63, 3.8) is 0 Å². The van der Waals surface area contributed by atoms with Gasteiger partial charge in [-0.1, -0.05) is 6.92 Å². The minimum atomic E-state index is 0. The molecule has 0 aliphatic carbocycles. The number of nitrogens with two attached hydrogens (primary N) is 1. The van der Waals surface area contributed by atoms with Crippen molar-refractivity contribution < 1.29 is 4.79 Å². The van der Waals surface area contributed by atoms with Gasteiger partial charge in [0.2, 0.25) is 0 Å². The number of hydrogen-bond acceptors (Lipinski definition) is 5.